The van der Waals surface area contributed by atoms with Crippen LogP contribution in [-0.4, -0.2) is 17.5 Å². The molecule has 2 N–H and O–H groups in total. The van der Waals surface area contributed by atoms with Crippen molar-refractivity contribution in [2.75, 3.05) is 6.54 Å². The van der Waals surface area contributed by atoms with Crippen LogP contribution < -0.4 is 5.73 Å². The summed E-state index contributed by atoms with van der Waals surface area (Å²) in [5, 5.41) is 0. The molecule has 0 radical (unpaired) electrons. The van der Waals surface area contributed by atoms with Crippen LogP contribution >= 0.6 is 0 Å². The highest BCUT2D eigenvalue weighted by atomic mass is 19.4. The van der Waals surface area contributed by atoms with Gasteiger partial charge in [-0.15, -0.1) is 0 Å². The lowest BCUT2D eigenvalue weighted by molar-refractivity contribution is -0.137. The SMILES string of the molecule is NC(=O)N1CCc2ccc(-c3ccc(C(F)(F)F)cc3)cc2C1c1ccccc1. The number of amides is 2. The van der Waals surface area contributed by atoms with Gasteiger partial charge in [-0.3, -0.25) is 0 Å². The van der Waals surface area contributed by atoms with Crippen LogP contribution in [0.15, 0.2) is 72.8 Å². The molecule has 0 aromatic heterocycles. The summed E-state index contributed by atoms with van der Waals surface area (Å²) in [6.07, 6.45) is -3.69. The molecule has 1 aliphatic rings. The molecule has 2 amide bonds. The van der Waals surface area contributed by atoms with E-state index in [9.17, 15) is 18.0 Å². The monoisotopic (exact) mass is 396 g/mol. The Kier molecular flexibility index (Phi) is 4.78. The molecule has 3 aromatic rings. The number of alkyl halides is 3. The van der Waals surface area contributed by atoms with Gasteiger partial charge in [0.1, 0.15) is 0 Å². The van der Waals surface area contributed by atoms with Crippen LogP contribution in [0.1, 0.15) is 28.3 Å². The van der Waals surface area contributed by atoms with Gasteiger partial charge in [-0.05, 0) is 52.4 Å². The number of urea groups is 1. The van der Waals surface area contributed by atoms with E-state index in [0.29, 0.717) is 18.5 Å². The van der Waals surface area contributed by atoms with Crippen LogP contribution in [0.3, 0.4) is 0 Å². The molecule has 1 unspecified atom stereocenters. The topological polar surface area (TPSA) is 46.3 Å². The Morgan fingerprint density at radius 2 is 1.59 bits per heavy atom. The smallest absolute Gasteiger partial charge is 0.351 e. The van der Waals surface area contributed by atoms with E-state index >= 15 is 0 Å². The van der Waals surface area contributed by atoms with Crippen molar-refractivity contribution in [1.29, 1.82) is 0 Å². The summed E-state index contributed by atoms with van der Waals surface area (Å²) >= 11 is 0. The fraction of sp³-hybridized carbons (Fsp3) is 0.174. The van der Waals surface area contributed by atoms with Crippen molar-refractivity contribution in [2.24, 2.45) is 5.73 Å². The number of hydrogen-bond acceptors (Lipinski definition) is 1. The molecular formula is C23H19F3N2O. The minimum Gasteiger partial charge on any atom is -0.351 e. The first kappa shape index (κ1) is 19.1. The molecule has 1 heterocycles. The summed E-state index contributed by atoms with van der Waals surface area (Å²) in [5.41, 5.74) is 9.43. The molecule has 0 bridgehead atoms. The normalized spacial score (nSPS) is 16.4. The maximum atomic E-state index is 12.9. The summed E-state index contributed by atoms with van der Waals surface area (Å²) in [6.45, 7) is 0.515. The lowest BCUT2D eigenvalue weighted by Crippen LogP contribution is -2.43. The van der Waals surface area contributed by atoms with Gasteiger partial charge < -0.3 is 10.6 Å². The first-order valence-electron chi connectivity index (χ1n) is 9.26. The zero-order valence-electron chi connectivity index (χ0n) is 15.5. The van der Waals surface area contributed by atoms with Gasteiger partial charge in [-0.25, -0.2) is 4.79 Å². The lowest BCUT2D eigenvalue weighted by Gasteiger charge is -2.37. The first-order chi connectivity index (χ1) is 13.8. The Labute approximate surface area is 166 Å². The molecule has 0 spiro atoms. The van der Waals surface area contributed by atoms with E-state index in [-0.39, 0.29) is 6.04 Å². The predicted octanol–water partition coefficient (Wildman–Crippen LogP) is 5.40. The molecule has 0 aliphatic carbocycles. The van der Waals surface area contributed by atoms with Crippen LogP contribution in [0.2, 0.25) is 0 Å². The van der Waals surface area contributed by atoms with E-state index in [2.05, 4.69) is 0 Å². The number of primary amides is 1. The summed E-state index contributed by atoms with van der Waals surface area (Å²) in [5.74, 6) is 0. The average molecular weight is 396 g/mol. The van der Waals surface area contributed by atoms with Crippen LogP contribution in [0.4, 0.5) is 18.0 Å². The van der Waals surface area contributed by atoms with Gasteiger partial charge in [0, 0.05) is 6.54 Å². The minimum atomic E-state index is -4.37. The second-order valence-corrected chi connectivity index (χ2v) is 7.08. The number of rotatable bonds is 2. The predicted molar refractivity (Wildman–Crippen MR) is 105 cm³/mol. The Hall–Kier alpha value is -3.28. The van der Waals surface area contributed by atoms with Crippen molar-refractivity contribution in [3.63, 3.8) is 0 Å². The quantitative estimate of drug-likeness (QED) is 0.620. The van der Waals surface area contributed by atoms with E-state index in [1.807, 2.05) is 48.5 Å². The molecule has 6 heteroatoms. The van der Waals surface area contributed by atoms with E-state index in [0.717, 1.165) is 34.4 Å². The van der Waals surface area contributed by atoms with Crippen molar-refractivity contribution in [1.82, 2.24) is 4.90 Å². The summed E-state index contributed by atoms with van der Waals surface area (Å²) in [6, 6.07) is 19.7. The molecular weight excluding hydrogens is 377 g/mol. The average Bonchev–Trinajstić information content (AvgIpc) is 2.72. The van der Waals surface area contributed by atoms with Crippen molar-refractivity contribution < 1.29 is 18.0 Å². The van der Waals surface area contributed by atoms with E-state index < -0.39 is 17.8 Å². The number of fused-ring (bicyclic) bond motifs is 1. The maximum absolute atomic E-state index is 12.9. The minimum absolute atomic E-state index is 0.327. The highest BCUT2D eigenvalue weighted by Gasteiger charge is 2.32. The number of halogens is 3. The highest BCUT2D eigenvalue weighted by Crippen LogP contribution is 2.38. The molecule has 148 valence electrons. The number of nitrogens with zero attached hydrogens (tertiary/aromatic N) is 1. The van der Waals surface area contributed by atoms with Gasteiger partial charge in [0.25, 0.3) is 0 Å². The Morgan fingerprint density at radius 3 is 2.21 bits per heavy atom. The fourth-order valence-electron chi connectivity index (χ4n) is 3.88. The second kappa shape index (κ2) is 7.28. The molecule has 1 aliphatic heterocycles. The second-order valence-electron chi connectivity index (χ2n) is 7.08. The third-order valence-corrected chi connectivity index (χ3v) is 5.32. The van der Waals surface area contributed by atoms with Gasteiger partial charge in [0.15, 0.2) is 0 Å². The third kappa shape index (κ3) is 3.70. The standard InChI is InChI=1S/C23H19F3N2O/c24-23(25,26)19-10-8-15(9-11-19)18-7-6-16-12-13-28(22(27)29)21(20(16)14-18)17-4-2-1-3-5-17/h1-11,14,21H,12-13H2,(H2,27,29). The molecule has 3 aromatic carbocycles. The van der Waals surface area contributed by atoms with Gasteiger partial charge in [0.2, 0.25) is 0 Å². The van der Waals surface area contributed by atoms with Gasteiger partial charge in [0.05, 0.1) is 11.6 Å². The Bertz CT molecular complexity index is 1030. The maximum Gasteiger partial charge on any atom is 0.416 e. The zero-order valence-corrected chi connectivity index (χ0v) is 15.5. The van der Waals surface area contributed by atoms with Crippen molar-refractivity contribution in [3.05, 3.63) is 95.1 Å². The van der Waals surface area contributed by atoms with E-state index in [1.165, 1.54) is 12.1 Å². The van der Waals surface area contributed by atoms with Crippen molar-refractivity contribution in [3.8, 4) is 11.1 Å². The van der Waals surface area contributed by atoms with Crippen molar-refractivity contribution >= 4 is 6.03 Å². The lowest BCUT2D eigenvalue weighted by atomic mass is 9.86. The Morgan fingerprint density at radius 1 is 0.931 bits per heavy atom. The summed E-state index contributed by atoms with van der Waals surface area (Å²) in [4.78, 5) is 13.7. The largest absolute Gasteiger partial charge is 0.416 e. The number of nitrogens with two attached hydrogens (primary N) is 1. The molecule has 0 saturated carbocycles. The van der Waals surface area contributed by atoms with Crippen LogP contribution in [-0.2, 0) is 12.6 Å². The van der Waals surface area contributed by atoms with Crippen molar-refractivity contribution in [2.45, 2.75) is 18.6 Å². The van der Waals surface area contributed by atoms with Gasteiger partial charge in [-0.1, -0.05) is 54.6 Å². The molecule has 0 fully saturated rings. The third-order valence-electron chi connectivity index (χ3n) is 5.32. The number of hydrogen-bond donors (Lipinski definition) is 1. The first-order valence-corrected chi connectivity index (χ1v) is 9.26. The van der Waals surface area contributed by atoms with Crippen LogP contribution in [0.25, 0.3) is 11.1 Å². The zero-order chi connectivity index (χ0) is 20.6. The summed E-state index contributed by atoms with van der Waals surface area (Å²) < 4.78 is 38.6. The molecule has 29 heavy (non-hydrogen) atoms. The van der Waals surface area contributed by atoms with Crippen LogP contribution in [0.5, 0.6) is 0 Å². The molecule has 0 saturated heterocycles. The molecule has 4 rings (SSSR count). The van der Waals surface area contributed by atoms with Gasteiger partial charge in [-0.2, -0.15) is 13.2 Å². The fourth-order valence-corrected chi connectivity index (χ4v) is 3.88. The number of benzene rings is 3. The Balaban J connectivity index is 1.78. The van der Waals surface area contributed by atoms with Crippen LogP contribution in [0, 0.1) is 0 Å². The summed E-state index contributed by atoms with van der Waals surface area (Å²) in [7, 11) is 0. The number of carbonyl (C=O) groups excluding carboxylic acids is 1. The van der Waals surface area contributed by atoms with E-state index in [1.54, 1.807) is 4.90 Å². The molecule has 1 atom stereocenters. The van der Waals surface area contributed by atoms with E-state index in [4.69, 9.17) is 5.73 Å². The highest BCUT2D eigenvalue weighted by molar-refractivity contribution is 5.75. The van der Waals surface area contributed by atoms with Gasteiger partial charge >= 0.3 is 12.2 Å². The molecule has 3 nitrogen and oxygen atoms in total. The number of carbonyl (C=O) groups is 1.